The summed E-state index contributed by atoms with van der Waals surface area (Å²) >= 11 is 0. The number of aromatic nitrogens is 2. The molecule has 0 atom stereocenters. The van der Waals surface area contributed by atoms with Gasteiger partial charge in [0, 0.05) is 0 Å². The third-order valence-corrected chi connectivity index (χ3v) is 1.84. The molecule has 0 spiro atoms. The van der Waals surface area contributed by atoms with Crippen LogP contribution in [0.25, 0.3) is 0 Å². The van der Waals surface area contributed by atoms with Crippen molar-refractivity contribution in [2.45, 2.75) is 19.3 Å². The van der Waals surface area contributed by atoms with E-state index in [0.717, 1.165) is 18.5 Å². The second-order valence-electron chi connectivity index (χ2n) is 2.59. The number of fused-ring (bicyclic) bond motifs is 1. The maximum atomic E-state index is 5.46. The van der Waals surface area contributed by atoms with E-state index in [4.69, 9.17) is 5.73 Å². The van der Waals surface area contributed by atoms with Crippen LogP contribution in [0.3, 0.4) is 0 Å². The minimum Gasteiger partial charge on any atom is -0.382 e. The molecule has 0 saturated carbocycles. The molecule has 0 amide bonds. The summed E-state index contributed by atoms with van der Waals surface area (Å²) in [5.74, 6) is 0.542. The largest absolute Gasteiger partial charge is 0.382 e. The summed E-state index contributed by atoms with van der Waals surface area (Å²) in [6.07, 6.45) is 3.39. The van der Waals surface area contributed by atoms with E-state index in [0.29, 0.717) is 5.82 Å². The summed E-state index contributed by atoms with van der Waals surface area (Å²) in [4.78, 5) is 0. The van der Waals surface area contributed by atoms with Gasteiger partial charge in [-0.05, 0) is 30.9 Å². The molecular formula is C7H9N3. The lowest BCUT2D eigenvalue weighted by atomic mass is 10.2. The molecule has 52 valence electrons. The molecule has 10 heavy (non-hydrogen) atoms. The van der Waals surface area contributed by atoms with Gasteiger partial charge in [-0.2, -0.15) is 5.10 Å². The van der Waals surface area contributed by atoms with Gasteiger partial charge in [0.15, 0.2) is 0 Å². The molecule has 1 heterocycles. The summed E-state index contributed by atoms with van der Waals surface area (Å²) < 4.78 is 0. The highest BCUT2D eigenvalue weighted by Gasteiger charge is 2.11. The standard InChI is InChI=1S/C7H9N3/c8-7-4-5-2-1-3-6(5)9-10-7/h4H,1-3H2,(H2,8,10). The average molecular weight is 135 g/mol. The van der Waals surface area contributed by atoms with Crippen LogP contribution in [0, 0.1) is 0 Å². The zero-order valence-corrected chi connectivity index (χ0v) is 5.67. The van der Waals surface area contributed by atoms with Crippen LogP contribution < -0.4 is 5.73 Å². The number of hydrogen-bond donors (Lipinski definition) is 1. The summed E-state index contributed by atoms with van der Waals surface area (Å²) in [5, 5.41) is 7.76. The van der Waals surface area contributed by atoms with Gasteiger partial charge < -0.3 is 5.73 Å². The third-order valence-electron chi connectivity index (χ3n) is 1.84. The molecule has 1 aliphatic rings. The highest BCUT2D eigenvalue weighted by atomic mass is 15.1. The number of nitrogens with zero attached hydrogens (tertiary/aromatic N) is 2. The van der Waals surface area contributed by atoms with E-state index in [1.54, 1.807) is 0 Å². The Balaban J connectivity index is 2.52. The van der Waals surface area contributed by atoms with Crippen LogP contribution in [-0.4, -0.2) is 10.2 Å². The van der Waals surface area contributed by atoms with E-state index in [1.165, 1.54) is 12.0 Å². The van der Waals surface area contributed by atoms with Gasteiger partial charge in [-0.25, -0.2) is 0 Å². The Hall–Kier alpha value is -1.12. The number of hydrogen-bond acceptors (Lipinski definition) is 3. The fraction of sp³-hybridized carbons (Fsp3) is 0.429. The number of aryl methyl sites for hydroxylation is 2. The summed E-state index contributed by atoms with van der Waals surface area (Å²) in [6.45, 7) is 0. The van der Waals surface area contributed by atoms with E-state index in [2.05, 4.69) is 10.2 Å². The first-order valence-corrected chi connectivity index (χ1v) is 3.47. The van der Waals surface area contributed by atoms with Crippen molar-refractivity contribution in [3.8, 4) is 0 Å². The van der Waals surface area contributed by atoms with E-state index in [1.807, 2.05) is 6.07 Å². The predicted octanol–water partition coefficient (Wildman–Crippen LogP) is 0.548. The van der Waals surface area contributed by atoms with Gasteiger partial charge >= 0.3 is 0 Å². The second-order valence-corrected chi connectivity index (χ2v) is 2.59. The van der Waals surface area contributed by atoms with Crippen molar-refractivity contribution in [3.05, 3.63) is 17.3 Å². The van der Waals surface area contributed by atoms with Crippen molar-refractivity contribution < 1.29 is 0 Å². The maximum Gasteiger partial charge on any atom is 0.146 e. The van der Waals surface area contributed by atoms with Crippen molar-refractivity contribution in [3.63, 3.8) is 0 Å². The van der Waals surface area contributed by atoms with Gasteiger partial charge in [0.1, 0.15) is 5.82 Å². The van der Waals surface area contributed by atoms with Crippen molar-refractivity contribution >= 4 is 5.82 Å². The van der Waals surface area contributed by atoms with Gasteiger partial charge in [0.25, 0.3) is 0 Å². The molecule has 1 aromatic rings. The van der Waals surface area contributed by atoms with E-state index >= 15 is 0 Å². The smallest absolute Gasteiger partial charge is 0.146 e. The molecule has 2 N–H and O–H groups in total. The Morgan fingerprint density at radius 1 is 1.30 bits per heavy atom. The Morgan fingerprint density at radius 3 is 3.10 bits per heavy atom. The molecule has 3 heteroatoms. The molecule has 0 radical (unpaired) electrons. The van der Waals surface area contributed by atoms with Gasteiger partial charge in [0.2, 0.25) is 0 Å². The lowest BCUT2D eigenvalue weighted by molar-refractivity contribution is 0.880. The monoisotopic (exact) mass is 135 g/mol. The van der Waals surface area contributed by atoms with Crippen molar-refractivity contribution in [1.29, 1.82) is 0 Å². The second kappa shape index (κ2) is 1.94. The Bertz CT molecular complexity index is 257. The lowest BCUT2D eigenvalue weighted by Gasteiger charge is -1.95. The number of rotatable bonds is 0. The molecule has 0 saturated heterocycles. The molecule has 1 aliphatic carbocycles. The molecule has 1 aromatic heterocycles. The Kier molecular flexibility index (Phi) is 1.09. The van der Waals surface area contributed by atoms with Crippen LogP contribution in [0.4, 0.5) is 5.82 Å². The fourth-order valence-electron chi connectivity index (χ4n) is 1.35. The fourth-order valence-corrected chi connectivity index (χ4v) is 1.35. The molecule has 0 unspecified atom stereocenters. The van der Waals surface area contributed by atoms with Crippen molar-refractivity contribution in [2.75, 3.05) is 5.73 Å². The first kappa shape index (κ1) is 5.65. The summed E-state index contributed by atoms with van der Waals surface area (Å²) in [6, 6.07) is 1.93. The van der Waals surface area contributed by atoms with Gasteiger partial charge in [0.05, 0.1) is 5.69 Å². The van der Waals surface area contributed by atoms with E-state index in [-0.39, 0.29) is 0 Å². The Labute approximate surface area is 59.3 Å². The molecule has 2 rings (SSSR count). The SMILES string of the molecule is Nc1cc2c(nn1)CCC2. The molecule has 3 nitrogen and oxygen atoms in total. The molecule has 0 aliphatic heterocycles. The summed E-state index contributed by atoms with van der Waals surface area (Å²) in [5.41, 5.74) is 7.88. The summed E-state index contributed by atoms with van der Waals surface area (Å²) in [7, 11) is 0. The van der Waals surface area contributed by atoms with E-state index in [9.17, 15) is 0 Å². The zero-order chi connectivity index (χ0) is 6.97. The zero-order valence-electron chi connectivity index (χ0n) is 5.67. The molecule has 0 bridgehead atoms. The van der Waals surface area contributed by atoms with Crippen molar-refractivity contribution in [2.24, 2.45) is 0 Å². The van der Waals surface area contributed by atoms with Crippen LogP contribution >= 0.6 is 0 Å². The molecule has 0 aromatic carbocycles. The first-order valence-electron chi connectivity index (χ1n) is 3.47. The van der Waals surface area contributed by atoms with Crippen LogP contribution in [0.15, 0.2) is 6.07 Å². The van der Waals surface area contributed by atoms with Crippen molar-refractivity contribution in [1.82, 2.24) is 10.2 Å². The van der Waals surface area contributed by atoms with Gasteiger partial charge in [-0.1, -0.05) is 0 Å². The first-order chi connectivity index (χ1) is 4.86. The number of nitrogen functional groups attached to an aromatic ring is 1. The van der Waals surface area contributed by atoms with Crippen LogP contribution in [-0.2, 0) is 12.8 Å². The lowest BCUT2D eigenvalue weighted by Crippen LogP contribution is -1.97. The maximum absolute atomic E-state index is 5.46. The number of anilines is 1. The van der Waals surface area contributed by atoms with Gasteiger partial charge in [-0.15, -0.1) is 5.10 Å². The van der Waals surface area contributed by atoms with Crippen LogP contribution in [0.2, 0.25) is 0 Å². The minimum absolute atomic E-state index is 0.542. The predicted molar refractivity (Wildman–Crippen MR) is 38.5 cm³/mol. The average Bonchev–Trinajstić information content (AvgIpc) is 2.33. The third kappa shape index (κ3) is 0.744. The minimum atomic E-state index is 0.542. The highest BCUT2D eigenvalue weighted by Crippen LogP contribution is 2.19. The quantitative estimate of drug-likeness (QED) is 0.565. The van der Waals surface area contributed by atoms with Gasteiger partial charge in [-0.3, -0.25) is 0 Å². The molecular weight excluding hydrogens is 126 g/mol. The van der Waals surface area contributed by atoms with Crippen LogP contribution in [0.5, 0.6) is 0 Å². The Morgan fingerprint density at radius 2 is 2.20 bits per heavy atom. The normalized spacial score (nSPS) is 15.2. The van der Waals surface area contributed by atoms with E-state index < -0.39 is 0 Å². The topological polar surface area (TPSA) is 51.8 Å². The molecule has 0 fully saturated rings. The van der Waals surface area contributed by atoms with Crippen LogP contribution in [0.1, 0.15) is 17.7 Å². The highest BCUT2D eigenvalue weighted by molar-refractivity contribution is 5.35. The number of nitrogens with two attached hydrogens (primary N) is 1.